The lowest BCUT2D eigenvalue weighted by atomic mass is 10.2. The van der Waals surface area contributed by atoms with Crippen molar-refractivity contribution in [3.8, 4) is 0 Å². The van der Waals surface area contributed by atoms with Crippen molar-refractivity contribution in [1.29, 1.82) is 0 Å². The molecule has 10 heteroatoms. The number of halogens is 2. The summed E-state index contributed by atoms with van der Waals surface area (Å²) in [6.07, 6.45) is 0.932. The van der Waals surface area contributed by atoms with E-state index in [1.807, 2.05) is 24.3 Å². The molecule has 0 saturated carbocycles. The first kappa shape index (κ1) is 21.5. The van der Waals surface area contributed by atoms with Gasteiger partial charge in [0.1, 0.15) is 4.90 Å². The SMILES string of the molecule is O=C(CCc1nc2ccccc2s1)N1CCN(S(=O)(=O)c2cccc(Cl)c2Cl)CC1. The Hall–Kier alpha value is -1.71. The van der Waals surface area contributed by atoms with Gasteiger partial charge < -0.3 is 4.90 Å². The van der Waals surface area contributed by atoms with Crippen molar-refractivity contribution in [2.45, 2.75) is 17.7 Å². The number of carbonyl (C=O) groups is 1. The summed E-state index contributed by atoms with van der Waals surface area (Å²) in [5.74, 6) is 0.00657. The average Bonchev–Trinajstić information content (AvgIpc) is 3.17. The smallest absolute Gasteiger partial charge is 0.244 e. The number of hydrogen-bond acceptors (Lipinski definition) is 5. The van der Waals surface area contributed by atoms with Crippen LogP contribution in [0.4, 0.5) is 0 Å². The molecule has 30 heavy (non-hydrogen) atoms. The van der Waals surface area contributed by atoms with Crippen LogP contribution in [0.1, 0.15) is 11.4 Å². The first-order valence-electron chi connectivity index (χ1n) is 9.42. The molecule has 2 aromatic carbocycles. The molecule has 0 aliphatic carbocycles. The minimum Gasteiger partial charge on any atom is -0.340 e. The topological polar surface area (TPSA) is 70.6 Å². The van der Waals surface area contributed by atoms with Crippen LogP contribution in [-0.2, 0) is 21.2 Å². The van der Waals surface area contributed by atoms with E-state index in [1.165, 1.54) is 10.4 Å². The van der Waals surface area contributed by atoms with Gasteiger partial charge in [-0.3, -0.25) is 4.79 Å². The molecule has 4 rings (SSSR count). The van der Waals surface area contributed by atoms with Gasteiger partial charge in [-0.25, -0.2) is 13.4 Å². The summed E-state index contributed by atoms with van der Waals surface area (Å²) in [6, 6.07) is 12.4. The Labute approximate surface area is 189 Å². The van der Waals surface area contributed by atoms with Crippen molar-refractivity contribution < 1.29 is 13.2 Å². The van der Waals surface area contributed by atoms with Crippen LogP contribution in [0.25, 0.3) is 10.2 Å². The highest BCUT2D eigenvalue weighted by Gasteiger charge is 2.31. The van der Waals surface area contributed by atoms with Gasteiger partial charge in [-0.15, -0.1) is 11.3 Å². The lowest BCUT2D eigenvalue weighted by Gasteiger charge is -2.34. The molecule has 1 aliphatic heterocycles. The van der Waals surface area contributed by atoms with Crippen LogP contribution < -0.4 is 0 Å². The number of rotatable bonds is 5. The maximum atomic E-state index is 12.9. The summed E-state index contributed by atoms with van der Waals surface area (Å²) in [7, 11) is -3.76. The molecule has 1 aromatic heterocycles. The quantitative estimate of drug-likeness (QED) is 0.548. The number of fused-ring (bicyclic) bond motifs is 1. The van der Waals surface area contributed by atoms with Crippen LogP contribution in [-0.4, -0.2) is 54.7 Å². The predicted molar refractivity (Wildman–Crippen MR) is 120 cm³/mol. The van der Waals surface area contributed by atoms with Crippen molar-refractivity contribution in [3.63, 3.8) is 0 Å². The minimum absolute atomic E-state index is 0.00657. The number of carbonyl (C=O) groups excluding carboxylic acids is 1. The van der Waals surface area contributed by atoms with E-state index in [9.17, 15) is 13.2 Å². The second-order valence-corrected chi connectivity index (χ2v) is 10.7. The molecule has 3 aromatic rings. The Kier molecular flexibility index (Phi) is 6.31. The lowest BCUT2D eigenvalue weighted by Crippen LogP contribution is -2.50. The number of thiazole rings is 1. The number of benzene rings is 2. The third kappa shape index (κ3) is 4.33. The van der Waals surface area contributed by atoms with Gasteiger partial charge in [0, 0.05) is 39.0 Å². The van der Waals surface area contributed by atoms with Crippen molar-refractivity contribution in [3.05, 3.63) is 57.5 Å². The van der Waals surface area contributed by atoms with Gasteiger partial charge in [0.25, 0.3) is 0 Å². The van der Waals surface area contributed by atoms with Crippen LogP contribution >= 0.6 is 34.5 Å². The molecule has 0 spiro atoms. The molecule has 1 aliphatic rings. The molecule has 0 radical (unpaired) electrons. The molecule has 1 amide bonds. The predicted octanol–water partition coefficient (Wildman–Crippen LogP) is 4.07. The van der Waals surface area contributed by atoms with Gasteiger partial charge in [-0.1, -0.05) is 41.4 Å². The first-order valence-corrected chi connectivity index (χ1v) is 12.4. The second-order valence-electron chi connectivity index (χ2n) is 6.91. The van der Waals surface area contributed by atoms with Crippen LogP contribution in [0, 0.1) is 0 Å². The third-order valence-corrected chi connectivity index (χ3v) is 8.98. The molecule has 0 unspecified atom stereocenters. The maximum Gasteiger partial charge on any atom is 0.244 e. The van der Waals surface area contributed by atoms with E-state index < -0.39 is 10.0 Å². The van der Waals surface area contributed by atoms with E-state index >= 15 is 0 Å². The third-order valence-electron chi connectivity index (χ3n) is 5.02. The van der Waals surface area contributed by atoms with Gasteiger partial charge in [-0.2, -0.15) is 4.31 Å². The van der Waals surface area contributed by atoms with E-state index in [1.54, 1.807) is 28.4 Å². The van der Waals surface area contributed by atoms with Gasteiger partial charge in [-0.05, 0) is 24.3 Å². The molecule has 1 saturated heterocycles. The fraction of sp³-hybridized carbons (Fsp3) is 0.300. The number of para-hydroxylation sites is 1. The number of amides is 1. The molecule has 0 atom stereocenters. The van der Waals surface area contributed by atoms with Crippen LogP contribution in [0.2, 0.25) is 10.0 Å². The Morgan fingerprint density at radius 1 is 1.03 bits per heavy atom. The Morgan fingerprint density at radius 2 is 1.77 bits per heavy atom. The van der Waals surface area contributed by atoms with Crippen LogP contribution in [0.5, 0.6) is 0 Å². The fourth-order valence-corrected chi connectivity index (χ4v) is 6.52. The zero-order valence-corrected chi connectivity index (χ0v) is 19.1. The fourth-order valence-electron chi connectivity index (χ4n) is 3.40. The molecular formula is C20H19Cl2N3O3S2. The molecule has 6 nitrogen and oxygen atoms in total. The minimum atomic E-state index is -3.76. The summed E-state index contributed by atoms with van der Waals surface area (Å²) in [5, 5.41) is 1.15. The van der Waals surface area contributed by atoms with E-state index in [0.29, 0.717) is 25.9 Å². The normalized spacial score (nSPS) is 15.6. The average molecular weight is 484 g/mol. The first-order chi connectivity index (χ1) is 14.4. The van der Waals surface area contributed by atoms with E-state index in [-0.39, 0.29) is 33.9 Å². The maximum absolute atomic E-state index is 12.9. The van der Waals surface area contributed by atoms with Crippen LogP contribution in [0.3, 0.4) is 0 Å². The number of sulfonamides is 1. The zero-order chi connectivity index (χ0) is 21.3. The lowest BCUT2D eigenvalue weighted by molar-refractivity contribution is -0.132. The summed E-state index contributed by atoms with van der Waals surface area (Å²) in [5.41, 5.74) is 0.948. The summed E-state index contributed by atoms with van der Waals surface area (Å²) >= 11 is 13.7. The number of hydrogen-bond donors (Lipinski definition) is 0. The molecular weight excluding hydrogens is 465 g/mol. The summed E-state index contributed by atoms with van der Waals surface area (Å²) in [4.78, 5) is 18.9. The van der Waals surface area contributed by atoms with E-state index in [4.69, 9.17) is 23.2 Å². The molecule has 0 N–H and O–H groups in total. The van der Waals surface area contributed by atoms with E-state index in [0.717, 1.165) is 15.2 Å². The highest BCUT2D eigenvalue weighted by Crippen LogP contribution is 2.31. The number of aromatic nitrogens is 1. The standard InChI is InChI=1S/C20H19Cl2N3O3S2/c21-14-4-3-7-17(20(14)22)30(27,28)25-12-10-24(11-13-25)19(26)9-8-18-23-15-5-1-2-6-16(15)29-18/h1-7H,8-13H2. The Balaban J connectivity index is 1.35. The van der Waals surface area contributed by atoms with E-state index in [2.05, 4.69) is 4.98 Å². The van der Waals surface area contributed by atoms with Gasteiger partial charge in [0.05, 0.1) is 25.3 Å². The summed E-state index contributed by atoms with van der Waals surface area (Å²) < 4.78 is 28.3. The monoisotopic (exact) mass is 483 g/mol. The Bertz CT molecular complexity index is 1160. The van der Waals surface area contributed by atoms with Crippen molar-refractivity contribution in [1.82, 2.24) is 14.2 Å². The molecule has 158 valence electrons. The van der Waals surface area contributed by atoms with Crippen molar-refractivity contribution in [2.75, 3.05) is 26.2 Å². The zero-order valence-electron chi connectivity index (χ0n) is 15.9. The highest BCUT2D eigenvalue weighted by molar-refractivity contribution is 7.89. The molecule has 2 heterocycles. The molecule has 0 bridgehead atoms. The second kappa shape index (κ2) is 8.80. The van der Waals surface area contributed by atoms with Gasteiger partial charge in [0.2, 0.25) is 15.9 Å². The number of piperazine rings is 1. The largest absolute Gasteiger partial charge is 0.340 e. The summed E-state index contributed by atoms with van der Waals surface area (Å²) in [6.45, 7) is 1.13. The number of nitrogens with zero attached hydrogens (tertiary/aromatic N) is 3. The van der Waals surface area contributed by atoms with Crippen LogP contribution in [0.15, 0.2) is 47.4 Å². The van der Waals surface area contributed by atoms with Gasteiger partial charge >= 0.3 is 0 Å². The van der Waals surface area contributed by atoms with Crippen molar-refractivity contribution >= 4 is 60.7 Å². The van der Waals surface area contributed by atoms with Crippen molar-refractivity contribution in [2.24, 2.45) is 0 Å². The number of aryl methyl sites for hydroxylation is 1. The molecule has 1 fully saturated rings. The Morgan fingerprint density at radius 3 is 2.50 bits per heavy atom. The highest BCUT2D eigenvalue weighted by atomic mass is 35.5. The van der Waals surface area contributed by atoms with Gasteiger partial charge in [0.15, 0.2) is 0 Å².